The Morgan fingerprint density at radius 1 is 1.50 bits per heavy atom. The maximum absolute atomic E-state index is 4.60. The first-order chi connectivity index (χ1) is 8.36. The second-order valence-electron chi connectivity index (χ2n) is 6.50. The smallest absolute Gasteiger partial charge is 0.107 e. The summed E-state index contributed by atoms with van der Waals surface area (Å²) in [6, 6.07) is 1.16. The van der Waals surface area contributed by atoms with Crippen LogP contribution in [0.25, 0.3) is 0 Å². The monoisotopic (exact) mass is 267 g/mol. The maximum Gasteiger partial charge on any atom is 0.107 e. The van der Waals surface area contributed by atoms with E-state index >= 15 is 0 Å². The minimum absolute atomic E-state index is 0.305. The Hall–Kier alpha value is -0.450. The van der Waals surface area contributed by atoms with Gasteiger partial charge in [-0.25, -0.2) is 4.98 Å². The van der Waals surface area contributed by atoms with Gasteiger partial charge >= 0.3 is 0 Å². The Morgan fingerprint density at radius 3 is 2.78 bits per heavy atom. The number of aryl methyl sites for hydroxylation is 1. The number of thiazole rings is 1. The summed E-state index contributed by atoms with van der Waals surface area (Å²) in [6.45, 7) is 14.5. The Morgan fingerprint density at radius 2 is 2.22 bits per heavy atom. The number of aromatic nitrogens is 1. The molecule has 0 amide bonds. The third-order valence-corrected chi connectivity index (χ3v) is 4.56. The summed E-state index contributed by atoms with van der Waals surface area (Å²) in [5.74, 6) is 0. The molecule has 1 fully saturated rings. The van der Waals surface area contributed by atoms with E-state index in [-0.39, 0.29) is 0 Å². The van der Waals surface area contributed by atoms with E-state index in [1.165, 1.54) is 5.01 Å². The summed E-state index contributed by atoms with van der Waals surface area (Å²) in [7, 11) is 0. The molecule has 102 valence electrons. The largest absolute Gasteiger partial charge is 0.311 e. The van der Waals surface area contributed by atoms with E-state index in [1.807, 2.05) is 0 Å². The third-order valence-electron chi connectivity index (χ3n) is 3.61. The SMILES string of the molecule is Cc1csc(CN2CC(C)NCC2C(C)(C)C)n1. The zero-order valence-corrected chi connectivity index (χ0v) is 13.0. The van der Waals surface area contributed by atoms with E-state index in [0.29, 0.717) is 17.5 Å². The standard InChI is InChI=1S/C14H25N3S/c1-10-7-17(8-13-16-11(2)9-18-13)12(6-15-10)14(3,4)5/h9-10,12,15H,6-8H2,1-5H3. The predicted octanol–water partition coefficient (Wildman–Crippen LogP) is 2.66. The van der Waals surface area contributed by atoms with Gasteiger partial charge in [0.15, 0.2) is 0 Å². The second-order valence-corrected chi connectivity index (χ2v) is 7.45. The van der Waals surface area contributed by atoms with Gasteiger partial charge in [-0.1, -0.05) is 20.8 Å². The van der Waals surface area contributed by atoms with Crippen molar-refractivity contribution in [3.63, 3.8) is 0 Å². The van der Waals surface area contributed by atoms with Crippen molar-refractivity contribution in [2.24, 2.45) is 5.41 Å². The molecule has 2 unspecified atom stereocenters. The third kappa shape index (κ3) is 3.31. The van der Waals surface area contributed by atoms with Crippen LogP contribution in [0, 0.1) is 12.3 Å². The average molecular weight is 267 g/mol. The summed E-state index contributed by atoms with van der Waals surface area (Å²) in [5, 5.41) is 6.99. The van der Waals surface area contributed by atoms with Gasteiger partial charge in [-0.2, -0.15) is 0 Å². The van der Waals surface area contributed by atoms with Crippen molar-refractivity contribution in [3.05, 3.63) is 16.1 Å². The molecule has 0 spiro atoms. The summed E-state index contributed by atoms with van der Waals surface area (Å²) in [5.41, 5.74) is 1.45. The molecule has 2 atom stereocenters. The molecule has 1 aliphatic heterocycles. The van der Waals surface area contributed by atoms with Crippen molar-refractivity contribution >= 4 is 11.3 Å². The fourth-order valence-electron chi connectivity index (χ4n) is 2.66. The highest BCUT2D eigenvalue weighted by Gasteiger charge is 2.34. The molecule has 0 saturated carbocycles. The van der Waals surface area contributed by atoms with E-state index in [9.17, 15) is 0 Å². The van der Waals surface area contributed by atoms with Crippen LogP contribution in [0.5, 0.6) is 0 Å². The van der Waals surface area contributed by atoms with Gasteiger partial charge in [-0.3, -0.25) is 4.90 Å². The molecule has 3 nitrogen and oxygen atoms in total. The fourth-order valence-corrected chi connectivity index (χ4v) is 3.46. The molecule has 1 aliphatic rings. The molecular weight excluding hydrogens is 242 g/mol. The minimum atomic E-state index is 0.305. The first kappa shape index (κ1) is 14.0. The van der Waals surface area contributed by atoms with Crippen molar-refractivity contribution in [2.75, 3.05) is 13.1 Å². The highest BCUT2D eigenvalue weighted by Crippen LogP contribution is 2.28. The van der Waals surface area contributed by atoms with Gasteiger partial charge in [0.25, 0.3) is 0 Å². The Labute approximate surface area is 115 Å². The molecule has 1 saturated heterocycles. The van der Waals surface area contributed by atoms with Gasteiger partial charge in [0, 0.05) is 36.2 Å². The van der Waals surface area contributed by atoms with Gasteiger partial charge in [-0.05, 0) is 19.3 Å². The molecular formula is C14H25N3S. The molecule has 1 aromatic rings. The van der Waals surface area contributed by atoms with E-state index in [4.69, 9.17) is 0 Å². The Balaban J connectivity index is 2.10. The van der Waals surface area contributed by atoms with Crippen LogP contribution in [-0.4, -0.2) is 35.1 Å². The molecule has 0 bridgehead atoms. The molecule has 4 heteroatoms. The quantitative estimate of drug-likeness (QED) is 0.893. The van der Waals surface area contributed by atoms with E-state index in [2.05, 4.69) is 55.2 Å². The number of hydrogen-bond acceptors (Lipinski definition) is 4. The number of rotatable bonds is 2. The van der Waals surface area contributed by atoms with E-state index in [0.717, 1.165) is 25.3 Å². The van der Waals surface area contributed by atoms with E-state index < -0.39 is 0 Å². The summed E-state index contributed by atoms with van der Waals surface area (Å²) in [4.78, 5) is 7.20. The number of piperazine rings is 1. The summed E-state index contributed by atoms with van der Waals surface area (Å²) in [6.07, 6.45) is 0. The average Bonchev–Trinajstić information content (AvgIpc) is 2.62. The normalized spacial score (nSPS) is 26.5. The van der Waals surface area contributed by atoms with Crippen LogP contribution in [-0.2, 0) is 6.54 Å². The van der Waals surface area contributed by atoms with Crippen molar-refractivity contribution in [1.29, 1.82) is 0 Å². The molecule has 18 heavy (non-hydrogen) atoms. The molecule has 2 heterocycles. The van der Waals surface area contributed by atoms with Gasteiger partial charge < -0.3 is 5.32 Å². The lowest BCUT2D eigenvalue weighted by Crippen LogP contribution is -2.59. The fraction of sp³-hybridized carbons (Fsp3) is 0.786. The first-order valence-corrected chi connectivity index (χ1v) is 7.62. The molecule has 0 aliphatic carbocycles. The highest BCUT2D eigenvalue weighted by atomic mass is 32.1. The van der Waals surface area contributed by atoms with Crippen molar-refractivity contribution in [1.82, 2.24) is 15.2 Å². The van der Waals surface area contributed by atoms with Gasteiger partial charge in [0.2, 0.25) is 0 Å². The first-order valence-electron chi connectivity index (χ1n) is 6.74. The van der Waals surface area contributed by atoms with Crippen LogP contribution in [0.3, 0.4) is 0 Å². The zero-order valence-electron chi connectivity index (χ0n) is 12.2. The number of nitrogens with one attached hydrogen (secondary N) is 1. The lowest BCUT2D eigenvalue weighted by molar-refractivity contribution is 0.0525. The van der Waals surface area contributed by atoms with Crippen LogP contribution in [0.15, 0.2) is 5.38 Å². The molecule has 0 radical (unpaired) electrons. The number of hydrogen-bond donors (Lipinski definition) is 1. The Bertz CT molecular complexity index is 394. The minimum Gasteiger partial charge on any atom is -0.311 e. The van der Waals surface area contributed by atoms with Crippen LogP contribution in [0.2, 0.25) is 0 Å². The lowest BCUT2D eigenvalue weighted by Gasteiger charge is -2.45. The topological polar surface area (TPSA) is 28.2 Å². The Kier molecular flexibility index (Phi) is 4.09. The molecule has 1 aromatic heterocycles. The highest BCUT2D eigenvalue weighted by molar-refractivity contribution is 7.09. The van der Waals surface area contributed by atoms with Crippen LogP contribution in [0.1, 0.15) is 38.4 Å². The van der Waals surface area contributed by atoms with Gasteiger partial charge in [0.05, 0.1) is 6.54 Å². The van der Waals surface area contributed by atoms with Crippen LogP contribution >= 0.6 is 11.3 Å². The summed E-state index contributed by atoms with van der Waals surface area (Å²) >= 11 is 1.78. The maximum atomic E-state index is 4.60. The molecule has 2 rings (SSSR count). The van der Waals surface area contributed by atoms with Crippen LogP contribution < -0.4 is 5.32 Å². The van der Waals surface area contributed by atoms with Crippen molar-refractivity contribution in [3.8, 4) is 0 Å². The predicted molar refractivity (Wildman–Crippen MR) is 78.0 cm³/mol. The second kappa shape index (κ2) is 5.27. The number of nitrogens with zero attached hydrogens (tertiary/aromatic N) is 2. The van der Waals surface area contributed by atoms with Gasteiger partial charge in [-0.15, -0.1) is 11.3 Å². The van der Waals surface area contributed by atoms with Crippen molar-refractivity contribution in [2.45, 2.75) is 53.2 Å². The molecule has 1 N–H and O–H groups in total. The lowest BCUT2D eigenvalue weighted by atomic mass is 9.84. The van der Waals surface area contributed by atoms with Crippen LogP contribution in [0.4, 0.5) is 0 Å². The van der Waals surface area contributed by atoms with E-state index in [1.54, 1.807) is 11.3 Å². The summed E-state index contributed by atoms with van der Waals surface area (Å²) < 4.78 is 0. The van der Waals surface area contributed by atoms with Gasteiger partial charge in [0.1, 0.15) is 5.01 Å². The molecule has 0 aromatic carbocycles. The van der Waals surface area contributed by atoms with Crippen molar-refractivity contribution < 1.29 is 0 Å². The zero-order chi connectivity index (χ0) is 13.3.